The summed E-state index contributed by atoms with van der Waals surface area (Å²) in [5.74, 6) is 0.378. The summed E-state index contributed by atoms with van der Waals surface area (Å²) < 4.78 is 25.5. The molecular weight excluding hydrogens is 356 g/mol. The highest BCUT2D eigenvalue weighted by molar-refractivity contribution is 7.74. The first-order valence-corrected chi connectivity index (χ1v) is 12.1. The van der Waals surface area contributed by atoms with E-state index in [1.807, 2.05) is 12.1 Å². The van der Waals surface area contributed by atoms with E-state index < -0.39 is 11.4 Å². The average molecular weight is 396 g/mol. The summed E-state index contributed by atoms with van der Waals surface area (Å²) >= 11 is -2.49. The first-order valence-electron chi connectivity index (χ1n) is 11.1. The van der Waals surface area contributed by atoms with E-state index in [-0.39, 0.29) is 0 Å². The minimum Gasteiger partial charge on any atom is -0.740 e. The standard InChI is InChI=1S/C23H40O3S/c1-2-3-4-5-6-7-8-9-10-11-12-13-14-15-16-17-22-18-20-23(21-19-22)26-27(24)25/h18-21H,2-17H2,1H3,(H,24,25)/p-1. The van der Waals surface area contributed by atoms with Crippen molar-refractivity contribution in [1.29, 1.82) is 0 Å². The highest BCUT2D eigenvalue weighted by atomic mass is 32.2. The Labute approximate surface area is 169 Å². The normalized spacial score (nSPS) is 12.2. The smallest absolute Gasteiger partial charge is 0.139 e. The van der Waals surface area contributed by atoms with E-state index in [9.17, 15) is 8.76 Å². The van der Waals surface area contributed by atoms with Crippen molar-refractivity contribution in [2.45, 2.75) is 110 Å². The van der Waals surface area contributed by atoms with E-state index in [0.29, 0.717) is 5.75 Å². The molecule has 0 aliphatic heterocycles. The Bertz CT molecular complexity index is 473. The molecule has 0 radical (unpaired) electrons. The molecule has 0 aromatic heterocycles. The molecule has 0 N–H and O–H groups in total. The highest BCUT2D eigenvalue weighted by Crippen LogP contribution is 2.16. The van der Waals surface area contributed by atoms with Crippen molar-refractivity contribution in [3.63, 3.8) is 0 Å². The molecule has 0 bridgehead atoms. The van der Waals surface area contributed by atoms with Gasteiger partial charge in [0, 0.05) is 0 Å². The number of aryl methyl sites for hydroxylation is 1. The van der Waals surface area contributed by atoms with E-state index in [0.717, 1.165) is 6.42 Å². The lowest BCUT2D eigenvalue weighted by molar-refractivity contribution is 0.440. The summed E-state index contributed by atoms with van der Waals surface area (Å²) in [6.07, 6.45) is 21.8. The van der Waals surface area contributed by atoms with Crippen molar-refractivity contribution >= 4 is 11.4 Å². The van der Waals surface area contributed by atoms with Gasteiger partial charge in [0.2, 0.25) is 0 Å². The second-order valence-corrected chi connectivity index (χ2v) is 8.21. The maximum absolute atomic E-state index is 10.5. The van der Waals surface area contributed by atoms with Crippen LogP contribution in [0.5, 0.6) is 5.75 Å². The number of benzene rings is 1. The minimum atomic E-state index is -2.49. The largest absolute Gasteiger partial charge is 0.740 e. The SMILES string of the molecule is CCCCCCCCCCCCCCCCCc1ccc(OS(=O)[O-])cc1. The minimum absolute atomic E-state index is 0.378. The van der Waals surface area contributed by atoms with Gasteiger partial charge < -0.3 is 8.74 Å². The fourth-order valence-corrected chi connectivity index (χ4v) is 3.76. The van der Waals surface area contributed by atoms with E-state index >= 15 is 0 Å². The molecule has 0 spiro atoms. The van der Waals surface area contributed by atoms with E-state index in [1.54, 1.807) is 12.1 Å². The van der Waals surface area contributed by atoms with Gasteiger partial charge in [0.15, 0.2) is 0 Å². The molecule has 4 heteroatoms. The zero-order chi connectivity index (χ0) is 19.6. The predicted molar refractivity (Wildman–Crippen MR) is 115 cm³/mol. The zero-order valence-corrected chi connectivity index (χ0v) is 18.1. The Morgan fingerprint density at radius 2 is 1.11 bits per heavy atom. The van der Waals surface area contributed by atoms with Crippen LogP contribution >= 0.6 is 0 Å². The fourth-order valence-electron chi connectivity index (χ4n) is 3.49. The maximum Gasteiger partial charge on any atom is 0.139 e. The van der Waals surface area contributed by atoms with E-state index in [2.05, 4.69) is 11.1 Å². The van der Waals surface area contributed by atoms with Crippen molar-refractivity contribution in [2.24, 2.45) is 0 Å². The lowest BCUT2D eigenvalue weighted by atomic mass is 10.0. The summed E-state index contributed by atoms with van der Waals surface area (Å²) in [7, 11) is 0. The molecule has 0 saturated heterocycles. The summed E-state index contributed by atoms with van der Waals surface area (Å²) in [5, 5.41) is 0. The molecule has 1 unspecified atom stereocenters. The molecule has 1 rings (SSSR count). The number of rotatable bonds is 18. The van der Waals surface area contributed by atoms with Crippen molar-refractivity contribution in [2.75, 3.05) is 0 Å². The first-order chi connectivity index (χ1) is 13.2. The van der Waals surface area contributed by atoms with Gasteiger partial charge >= 0.3 is 0 Å². The van der Waals surface area contributed by atoms with Crippen LogP contribution in [0, 0.1) is 0 Å². The topological polar surface area (TPSA) is 49.4 Å². The van der Waals surface area contributed by atoms with Gasteiger partial charge in [0.25, 0.3) is 0 Å². The third kappa shape index (κ3) is 14.8. The molecule has 0 aliphatic rings. The first kappa shape index (κ1) is 24.2. The molecule has 0 saturated carbocycles. The summed E-state index contributed by atoms with van der Waals surface area (Å²) in [5.41, 5.74) is 1.24. The zero-order valence-electron chi connectivity index (χ0n) is 17.3. The third-order valence-corrected chi connectivity index (χ3v) is 5.49. The molecule has 156 valence electrons. The number of hydrogen-bond donors (Lipinski definition) is 0. The van der Waals surface area contributed by atoms with Gasteiger partial charge in [-0.05, 0) is 30.5 Å². The molecule has 0 fully saturated rings. The summed E-state index contributed by atoms with van der Waals surface area (Å²) in [4.78, 5) is 0. The van der Waals surface area contributed by atoms with Crippen LogP contribution in [0.25, 0.3) is 0 Å². The van der Waals surface area contributed by atoms with Gasteiger partial charge in [-0.15, -0.1) is 0 Å². The molecule has 27 heavy (non-hydrogen) atoms. The van der Waals surface area contributed by atoms with E-state index in [4.69, 9.17) is 0 Å². The Balaban J connectivity index is 1.84. The Hall–Kier alpha value is -0.870. The molecule has 0 aliphatic carbocycles. The van der Waals surface area contributed by atoms with Crippen molar-refractivity contribution < 1.29 is 12.9 Å². The summed E-state index contributed by atoms with van der Waals surface area (Å²) in [6.45, 7) is 2.28. The monoisotopic (exact) mass is 395 g/mol. The van der Waals surface area contributed by atoms with Crippen molar-refractivity contribution in [3.05, 3.63) is 29.8 Å². The van der Waals surface area contributed by atoms with Gasteiger partial charge in [-0.2, -0.15) is 0 Å². The Morgan fingerprint density at radius 3 is 1.52 bits per heavy atom. The van der Waals surface area contributed by atoms with Gasteiger partial charge in [-0.25, -0.2) is 4.21 Å². The molecule has 0 heterocycles. The average Bonchev–Trinajstić information content (AvgIpc) is 2.66. The molecule has 1 atom stereocenters. The molecule has 3 nitrogen and oxygen atoms in total. The maximum atomic E-state index is 10.5. The van der Waals surface area contributed by atoms with Crippen LogP contribution in [0.4, 0.5) is 0 Å². The van der Waals surface area contributed by atoms with E-state index in [1.165, 1.54) is 102 Å². The Kier molecular flexibility index (Phi) is 15.4. The quantitative estimate of drug-likeness (QED) is 0.194. The molecule has 1 aromatic carbocycles. The van der Waals surface area contributed by atoms with Gasteiger partial charge in [0.1, 0.15) is 17.1 Å². The number of unbranched alkanes of at least 4 members (excludes halogenated alkanes) is 14. The molecule has 0 amide bonds. The predicted octanol–water partition coefficient (Wildman–Crippen LogP) is 7.27. The lowest BCUT2D eigenvalue weighted by Crippen LogP contribution is -1.97. The van der Waals surface area contributed by atoms with Gasteiger partial charge in [0.05, 0.1) is 0 Å². The van der Waals surface area contributed by atoms with Gasteiger partial charge in [-0.3, -0.25) is 0 Å². The molecular formula is C23H39O3S-. The van der Waals surface area contributed by atoms with Crippen LogP contribution in [0.1, 0.15) is 109 Å². The molecule has 1 aromatic rings. The van der Waals surface area contributed by atoms with Crippen molar-refractivity contribution in [1.82, 2.24) is 0 Å². The van der Waals surface area contributed by atoms with Crippen LogP contribution in [0.15, 0.2) is 24.3 Å². The second kappa shape index (κ2) is 17.2. The highest BCUT2D eigenvalue weighted by Gasteiger charge is 1.98. The second-order valence-electron chi connectivity index (χ2n) is 7.63. The van der Waals surface area contributed by atoms with Crippen LogP contribution in [-0.2, 0) is 17.8 Å². The summed E-state index contributed by atoms with van der Waals surface area (Å²) in [6, 6.07) is 7.34. The Morgan fingerprint density at radius 1 is 0.704 bits per heavy atom. The van der Waals surface area contributed by atoms with Crippen LogP contribution < -0.4 is 4.18 Å². The van der Waals surface area contributed by atoms with Crippen LogP contribution in [0.3, 0.4) is 0 Å². The van der Waals surface area contributed by atoms with Crippen LogP contribution in [-0.4, -0.2) is 8.76 Å². The lowest BCUT2D eigenvalue weighted by Gasteiger charge is -2.08. The fraction of sp³-hybridized carbons (Fsp3) is 0.739. The third-order valence-electron chi connectivity index (χ3n) is 5.16. The number of hydrogen-bond acceptors (Lipinski definition) is 3. The van der Waals surface area contributed by atoms with Crippen molar-refractivity contribution in [3.8, 4) is 5.75 Å². The van der Waals surface area contributed by atoms with Crippen LogP contribution in [0.2, 0.25) is 0 Å². The van der Waals surface area contributed by atoms with Gasteiger partial charge in [-0.1, -0.05) is 109 Å².